The highest BCUT2D eigenvalue weighted by Gasteiger charge is 2.51. The Balaban J connectivity index is 1.24. The standard InChI is InChI=1S/C36H32ClF2N5O2/c1-21(38)35(45)43-14-11-30-31(43)19-44(30)33-26-10-9-23(25-7-2-5-22-6-3-8-28(37)32(22)25)15-29(26)41-34(27(33)17-40)46-20-36-12-4-13-42(36)18-24(39)16-36/h2-3,5-10,15,24,30-31H,1,4,11-14,16,18-20H2/t24-,30-,31-,36+/m1/s1. The fraction of sp³-hybridized carbons (Fsp3) is 0.361. The van der Waals surface area contributed by atoms with Crippen LogP contribution in [0.15, 0.2) is 67.0 Å². The lowest BCUT2D eigenvalue weighted by Gasteiger charge is -2.48. The van der Waals surface area contributed by atoms with Gasteiger partial charge in [0.25, 0.3) is 5.91 Å². The minimum atomic E-state index is -0.967. The van der Waals surface area contributed by atoms with Crippen LogP contribution in [0.2, 0.25) is 5.02 Å². The number of rotatable bonds is 6. The molecule has 0 radical (unpaired) electrons. The molecule has 4 saturated heterocycles. The number of hydrogen-bond donors (Lipinski definition) is 0. The molecule has 0 bridgehead atoms. The molecule has 1 aromatic heterocycles. The molecule has 7 nitrogen and oxygen atoms in total. The van der Waals surface area contributed by atoms with Gasteiger partial charge < -0.3 is 14.5 Å². The number of halogens is 3. The predicted molar refractivity (Wildman–Crippen MR) is 174 cm³/mol. The van der Waals surface area contributed by atoms with Gasteiger partial charge in [0.15, 0.2) is 5.83 Å². The van der Waals surface area contributed by atoms with Gasteiger partial charge in [-0.15, -0.1) is 0 Å². The maximum atomic E-state index is 14.6. The number of likely N-dealkylation sites (tertiary alicyclic amines) is 1. The highest BCUT2D eigenvalue weighted by atomic mass is 35.5. The van der Waals surface area contributed by atoms with Crippen molar-refractivity contribution >= 4 is 44.9 Å². The monoisotopic (exact) mass is 639 g/mol. The van der Waals surface area contributed by atoms with Gasteiger partial charge in [0.2, 0.25) is 5.88 Å². The lowest BCUT2D eigenvalue weighted by atomic mass is 9.92. The van der Waals surface area contributed by atoms with E-state index in [1.807, 2.05) is 54.6 Å². The first-order valence-electron chi connectivity index (χ1n) is 15.8. The summed E-state index contributed by atoms with van der Waals surface area (Å²) in [4.78, 5) is 23.3. The van der Waals surface area contributed by atoms with Crippen molar-refractivity contribution in [3.63, 3.8) is 0 Å². The Kier molecular flexibility index (Phi) is 6.93. The zero-order valence-corrected chi connectivity index (χ0v) is 25.9. The number of fused-ring (bicyclic) bond motifs is 4. The first kappa shape index (κ1) is 29.2. The van der Waals surface area contributed by atoms with Gasteiger partial charge in [-0.2, -0.15) is 5.26 Å². The molecule has 0 N–H and O–H groups in total. The van der Waals surface area contributed by atoms with Crippen molar-refractivity contribution in [2.75, 3.05) is 37.7 Å². The van der Waals surface area contributed by atoms with E-state index < -0.39 is 23.4 Å². The second-order valence-corrected chi connectivity index (χ2v) is 13.4. The number of carbonyl (C=O) groups is 1. The third-order valence-corrected chi connectivity index (χ3v) is 10.8. The first-order valence-corrected chi connectivity index (χ1v) is 16.2. The van der Waals surface area contributed by atoms with E-state index in [2.05, 4.69) is 22.4 Å². The van der Waals surface area contributed by atoms with Crippen LogP contribution in [-0.2, 0) is 4.79 Å². The first-order chi connectivity index (χ1) is 22.3. The number of carbonyl (C=O) groups excluding carboxylic acids is 1. The molecule has 0 unspecified atom stereocenters. The quantitative estimate of drug-likeness (QED) is 0.216. The van der Waals surface area contributed by atoms with E-state index in [0.29, 0.717) is 54.3 Å². The van der Waals surface area contributed by atoms with E-state index in [1.54, 1.807) is 4.90 Å². The molecule has 3 aromatic carbocycles. The van der Waals surface area contributed by atoms with Crippen molar-refractivity contribution in [1.29, 1.82) is 5.26 Å². The molecule has 4 aliphatic rings. The summed E-state index contributed by atoms with van der Waals surface area (Å²) in [5, 5.41) is 14.0. The Morgan fingerprint density at radius 1 is 1.15 bits per heavy atom. The largest absolute Gasteiger partial charge is 0.475 e. The molecule has 46 heavy (non-hydrogen) atoms. The Hall–Kier alpha value is -4.26. The molecule has 0 spiro atoms. The van der Waals surface area contributed by atoms with Crippen LogP contribution in [0.3, 0.4) is 0 Å². The number of amides is 1. The zero-order chi connectivity index (χ0) is 31.7. The molecular formula is C36H32ClF2N5O2. The van der Waals surface area contributed by atoms with Crippen LogP contribution in [0.5, 0.6) is 5.88 Å². The van der Waals surface area contributed by atoms with Crippen LogP contribution >= 0.6 is 11.6 Å². The van der Waals surface area contributed by atoms with E-state index in [0.717, 1.165) is 46.7 Å². The van der Waals surface area contributed by atoms with Gasteiger partial charge in [0, 0.05) is 41.9 Å². The summed E-state index contributed by atoms with van der Waals surface area (Å²) in [7, 11) is 0. The number of aromatic nitrogens is 1. The van der Waals surface area contributed by atoms with Crippen LogP contribution in [-0.4, -0.2) is 77.3 Å². The Morgan fingerprint density at radius 3 is 2.78 bits per heavy atom. The highest BCUT2D eigenvalue weighted by molar-refractivity contribution is 6.36. The van der Waals surface area contributed by atoms with E-state index in [4.69, 9.17) is 21.3 Å². The van der Waals surface area contributed by atoms with Crippen molar-refractivity contribution in [3.8, 4) is 23.1 Å². The van der Waals surface area contributed by atoms with E-state index in [-0.39, 0.29) is 24.6 Å². The molecule has 4 aliphatic heterocycles. The van der Waals surface area contributed by atoms with E-state index in [1.165, 1.54) is 0 Å². The number of ether oxygens (including phenoxy) is 1. The maximum Gasteiger partial charge on any atom is 0.282 e. The number of alkyl halides is 1. The number of nitrogens with zero attached hydrogens (tertiary/aromatic N) is 5. The molecule has 5 heterocycles. The second kappa shape index (κ2) is 10.9. The Morgan fingerprint density at radius 2 is 1.98 bits per heavy atom. The van der Waals surface area contributed by atoms with Crippen molar-refractivity contribution in [3.05, 3.63) is 77.6 Å². The minimum absolute atomic E-state index is 0.0866. The number of anilines is 1. The van der Waals surface area contributed by atoms with Crippen LogP contribution in [0.4, 0.5) is 14.5 Å². The average Bonchev–Trinajstić information content (AvgIpc) is 3.68. The van der Waals surface area contributed by atoms with Gasteiger partial charge in [-0.3, -0.25) is 9.69 Å². The van der Waals surface area contributed by atoms with Crippen molar-refractivity contribution < 1.29 is 18.3 Å². The van der Waals surface area contributed by atoms with Crippen LogP contribution in [0.1, 0.15) is 31.2 Å². The number of hydrogen-bond acceptors (Lipinski definition) is 6. The van der Waals surface area contributed by atoms with E-state index in [9.17, 15) is 18.8 Å². The van der Waals surface area contributed by atoms with Crippen molar-refractivity contribution in [2.24, 2.45) is 0 Å². The number of nitriles is 1. The third kappa shape index (κ3) is 4.45. The fourth-order valence-corrected chi connectivity index (χ4v) is 8.65. The number of pyridine rings is 1. The smallest absolute Gasteiger partial charge is 0.282 e. The molecule has 0 saturated carbocycles. The summed E-state index contributed by atoms with van der Waals surface area (Å²) >= 11 is 6.68. The van der Waals surface area contributed by atoms with Gasteiger partial charge in [-0.1, -0.05) is 60.6 Å². The van der Waals surface area contributed by atoms with Gasteiger partial charge in [-0.25, -0.2) is 13.8 Å². The maximum absolute atomic E-state index is 14.6. The lowest BCUT2D eigenvalue weighted by Crippen LogP contribution is -2.63. The fourth-order valence-electron chi connectivity index (χ4n) is 8.37. The second-order valence-electron chi connectivity index (χ2n) is 13.0. The molecule has 4 fully saturated rings. The van der Waals surface area contributed by atoms with Crippen molar-refractivity contribution in [2.45, 2.75) is 49.5 Å². The zero-order valence-electron chi connectivity index (χ0n) is 25.2. The molecule has 1 amide bonds. The molecule has 8 rings (SSSR count). The van der Waals surface area contributed by atoms with E-state index >= 15 is 0 Å². The summed E-state index contributed by atoms with van der Waals surface area (Å²) in [6.07, 6.45) is 1.95. The molecule has 234 valence electrons. The molecule has 0 aliphatic carbocycles. The topological polar surface area (TPSA) is 72.7 Å². The minimum Gasteiger partial charge on any atom is -0.475 e. The van der Waals surface area contributed by atoms with Gasteiger partial charge in [0.05, 0.1) is 28.8 Å². The summed E-state index contributed by atoms with van der Waals surface area (Å²) in [6, 6.07) is 20.0. The Bertz CT molecular complexity index is 1970. The molecular weight excluding hydrogens is 608 g/mol. The van der Waals surface area contributed by atoms with Gasteiger partial charge in [-0.05, 0) is 54.5 Å². The summed E-state index contributed by atoms with van der Waals surface area (Å²) < 4.78 is 34.8. The van der Waals surface area contributed by atoms with Gasteiger partial charge in [0.1, 0.15) is 24.4 Å². The van der Waals surface area contributed by atoms with Crippen LogP contribution in [0, 0.1) is 11.3 Å². The lowest BCUT2D eigenvalue weighted by molar-refractivity contribution is -0.130. The third-order valence-electron chi connectivity index (χ3n) is 10.5. The average molecular weight is 640 g/mol. The summed E-state index contributed by atoms with van der Waals surface area (Å²) in [5.74, 6) is -1.43. The SMILES string of the molecule is C=C(F)C(=O)N1CC[C@@H]2[C@H]1CN2c1c(C#N)c(OC[C@@]23CCCN2C[C@H](F)C3)nc2cc(-c3cccc4cccc(Cl)c34)ccc12. The molecule has 4 aromatic rings. The normalized spacial score (nSPS) is 25.4. The number of benzene rings is 3. The van der Waals surface area contributed by atoms with Crippen LogP contribution in [0.25, 0.3) is 32.8 Å². The molecule has 4 atom stereocenters. The van der Waals surface area contributed by atoms with Crippen molar-refractivity contribution in [1.82, 2.24) is 14.8 Å². The summed E-state index contributed by atoms with van der Waals surface area (Å²) in [5.41, 5.74) is 3.11. The highest BCUT2D eigenvalue weighted by Crippen LogP contribution is 2.46. The van der Waals surface area contributed by atoms with Gasteiger partial charge >= 0.3 is 0 Å². The predicted octanol–water partition coefficient (Wildman–Crippen LogP) is 6.81. The summed E-state index contributed by atoms with van der Waals surface area (Å²) in [6.45, 7) is 5.54. The van der Waals surface area contributed by atoms with Crippen LogP contribution < -0.4 is 9.64 Å². The molecule has 10 heteroatoms. The Labute approximate surface area is 270 Å².